The lowest BCUT2D eigenvalue weighted by molar-refractivity contribution is 0.0969. The third-order valence-corrected chi connectivity index (χ3v) is 4.18. The Hall–Kier alpha value is -3.14. The highest BCUT2D eigenvalue weighted by atomic mass is 19.1. The predicted octanol–water partition coefficient (Wildman–Crippen LogP) is 4.63. The second-order valence-corrected chi connectivity index (χ2v) is 5.55. The monoisotopic (exact) mass is 319 g/mol. The smallest absolute Gasteiger partial charge is 0.262 e. The number of hydrogen-bond acceptors (Lipinski definition) is 2. The minimum absolute atomic E-state index is 0.200. The molecule has 0 saturated carbocycles. The third kappa shape index (κ3) is 2.15. The molecule has 118 valence electrons. The Kier molecular flexibility index (Phi) is 3.31. The topological polar surface area (TPSA) is 31.2 Å². The molecule has 1 heterocycles. The molecule has 0 amide bonds. The summed E-state index contributed by atoms with van der Waals surface area (Å²) in [5.74, 6) is 0.114. The first-order valence-corrected chi connectivity index (χ1v) is 7.56. The first-order chi connectivity index (χ1) is 11.7. The number of ether oxygens (including phenoxy) is 1. The van der Waals surface area contributed by atoms with E-state index in [1.807, 2.05) is 24.3 Å². The van der Waals surface area contributed by atoms with Crippen LogP contribution in [0.15, 0.2) is 66.7 Å². The number of methoxy groups -OCH3 is 1. The van der Waals surface area contributed by atoms with Crippen molar-refractivity contribution in [3.63, 3.8) is 0 Å². The average molecular weight is 319 g/mol. The number of benzene rings is 3. The van der Waals surface area contributed by atoms with E-state index in [0.717, 1.165) is 16.3 Å². The Balaban J connectivity index is 1.99. The second-order valence-electron chi connectivity index (χ2n) is 5.55. The minimum atomic E-state index is -0.367. The first kappa shape index (κ1) is 14.5. The number of nitrogens with zero attached hydrogens (tertiary/aromatic N) is 1. The quantitative estimate of drug-likeness (QED) is 0.539. The summed E-state index contributed by atoms with van der Waals surface area (Å²) < 4.78 is 20.5. The first-order valence-electron chi connectivity index (χ1n) is 7.56. The SMILES string of the molecule is COc1ccc(C(=O)n2c3ccccc3c3ccc(F)cc32)cc1. The van der Waals surface area contributed by atoms with E-state index >= 15 is 0 Å². The van der Waals surface area contributed by atoms with Gasteiger partial charge >= 0.3 is 0 Å². The molecule has 4 rings (SSSR count). The van der Waals surface area contributed by atoms with E-state index in [1.54, 1.807) is 42.0 Å². The molecular formula is C20H14FNO2. The van der Waals surface area contributed by atoms with Crippen LogP contribution >= 0.6 is 0 Å². The molecule has 0 bridgehead atoms. The van der Waals surface area contributed by atoms with Gasteiger partial charge in [-0.1, -0.05) is 18.2 Å². The van der Waals surface area contributed by atoms with Gasteiger partial charge in [0.2, 0.25) is 0 Å². The molecule has 1 aromatic heterocycles. The molecule has 4 aromatic rings. The van der Waals surface area contributed by atoms with Gasteiger partial charge in [-0.3, -0.25) is 9.36 Å². The molecule has 0 aliphatic heterocycles. The third-order valence-electron chi connectivity index (χ3n) is 4.18. The predicted molar refractivity (Wildman–Crippen MR) is 92.1 cm³/mol. The fourth-order valence-corrected chi connectivity index (χ4v) is 3.03. The van der Waals surface area contributed by atoms with Gasteiger partial charge in [-0.2, -0.15) is 0 Å². The van der Waals surface area contributed by atoms with E-state index in [-0.39, 0.29) is 11.7 Å². The highest BCUT2D eigenvalue weighted by Gasteiger charge is 2.17. The van der Waals surface area contributed by atoms with Crippen molar-refractivity contribution in [1.29, 1.82) is 0 Å². The minimum Gasteiger partial charge on any atom is -0.497 e. The van der Waals surface area contributed by atoms with Crippen LogP contribution in [0.2, 0.25) is 0 Å². The van der Waals surface area contributed by atoms with Crippen LogP contribution in [0, 0.1) is 5.82 Å². The Morgan fingerprint density at radius 3 is 2.38 bits per heavy atom. The van der Waals surface area contributed by atoms with Crippen LogP contribution in [0.25, 0.3) is 21.8 Å². The van der Waals surface area contributed by atoms with Crippen molar-refractivity contribution in [3.8, 4) is 5.75 Å². The molecule has 4 heteroatoms. The number of halogens is 1. The fraction of sp³-hybridized carbons (Fsp3) is 0.0500. The number of para-hydroxylation sites is 1. The van der Waals surface area contributed by atoms with Gasteiger partial charge in [0.05, 0.1) is 18.1 Å². The maximum atomic E-state index is 13.8. The van der Waals surface area contributed by atoms with Crippen LogP contribution in [0.1, 0.15) is 10.4 Å². The van der Waals surface area contributed by atoms with Crippen molar-refractivity contribution in [3.05, 3.63) is 78.1 Å². The normalized spacial score (nSPS) is 11.1. The molecule has 0 aliphatic rings. The van der Waals surface area contributed by atoms with Crippen molar-refractivity contribution in [2.75, 3.05) is 7.11 Å². The molecule has 0 aliphatic carbocycles. The fourth-order valence-electron chi connectivity index (χ4n) is 3.03. The zero-order valence-corrected chi connectivity index (χ0v) is 13.0. The van der Waals surface area contributed by atoms with E-state index in [1.165, 1.54) is 12.1 Å². The van der Waals surface area contributed by atoms with E-state index in [4.69, 9.17) is 4.74 Å². The number of carbonyl (C=O) groups excluding carboxylic acids is 1. The number of hydrogen-bond donors (Lipinski definition) is 0. The van der Waals surface area contributed by atoms with Crippen molar-refractivity contribution in [2.45, 2.75) is 0 Å². The maximum absolute atomic E-state index is 13.8. The van der Waals surface area contributed by atoms with Crippen molar-refractivity contribution < 1.29 is 13.9 Å². The molecule has 0 radical (unpaired) electrons. The molecule has 0 spiro atoms. The molecule has 0 fully saturated rings. The average Bonchev–Trinajstić information content (AvgIpc) is 2.94. The van der Waals surface area contributed by atoms with E-state index in [2.05, 4.69) is 0 Å². The van der Waals surface area contributed by atoms with Crippen LogP contribution in [-0.4, -0.2) is 17.6 Å². The van der Waals surface area contributed by atoms with E-state index < -0.39 is 0 Å². The zero-order valence-electron chi connectivity index (χ0n) is 13.0. The molecule has 24 heavy (non-hydrogen) atoms. The van der Waals surface area contributed by atoms with Gasteiger partial charge in [0.25, 0.3) is 5.91 Å². The van der Waals surface area contributed by atoms with Crippen LogP contribution in [0.5, 0.6) is 5.75 Å². The number of fused-ring (bicyclic) bond motifs is 3. The van der Waals surface area contributed by atoms with Crippen LogP contribution < -0.4 is 4.74 Å². The molecule has 0 saturated heterocycles. The zero-order chi connectivity index (χ0) is 16.7. The lowest BCUT2D eigenvalue weighted by atomic mass is 10.1. The van der Waals surface area contributed by atoms with Gasteiger partial charge in [0, 0.05) is 16.3 Å². The van der Waals surface area contributed by atoms with Gasteiger partial charge < -0.3 is 4.74 Å². The lowest BCUT2D eigenvalue weighted by Gasteiger charge is -2.07. The highest BCUT2D eigenvalue weighted by Crippen LogP contribution is 2.30. The highest BCUT2D eigenvalue weighted by molar-refractivity contribution is 6.16. The lowest BCUT2D eigenvalue weighted by Crippen LogP contribution is -2.11. The van der Waals surface area contributed by atoms with Gasteiger partial charge in [-0.15, -0.1) is 0 Å². The molecule has 0 unspecified atom stereocenters. The van der Waals surface area contributed by atoms with Gasteiger partial charge in [0.15, 0.2) is 0 Å². The summed E-state index contributed by atoms with van der Waals surface area (Å²) in [6, 6.07) is 19.0. The van der Waals surface area contributed by atoms with Gasteiger partial charge in [-0.05, 0) is 48.5 Å². The van der Waals surface area contributed by atoms with E-state index in [0.29, 0.717) is 16.8 Å². The molecular weight excluding hydrogens is 305 g/mol. The molecule has 0 atom stereocenters. The largest absolute Gasteiger partial charge is 0.497 e. The number of rotatable bonds is 2. The molecule has 3 aromatic carbocycles. The Labute approximate surface area is 137 Å². The van der Waals surface area contributed by atoms with Crippen LogP contribution in [-0.2, 0) is 0 Å². The summed E-state index contributed by atoms with van der Waals surface area (Å²) >= 11 is 0. The van der Waals surface area contributed by atoms with Gasteiger partial charge in [0.1, 0.15) is 11.6 Å². The van der Waals surface area contributed by atoms with Crippen molar-refractivity contribution >= 4 is 27.7 Å². The Morgan fingerprint density at radius 2 is 1.62 bits per heavy atom. The summed E-state index contributed by atoms with van der Waals surface area (Å²) in [5, 5.41) is 1.78. The number of carbonyl (C=O) groups is 1. The summed E-state index contributed by atoms with van der Waals surface area (Å²) in [6.45, 7) is 0. The van der Waals surface area contributed by atoms with Crippen LogP contribution in [0.3, 0.4) is 0 Å². The standard InChI is InChI=1S/C20H14FNO2/c1-24-15-9-6-13(7-10-15)20(23)22-18-5-3-2-4-16(18)17-11-8-14(21)12-19(17)22/h2-12H,1H3. The summed E-state index contributed by atoms with van der Waals surface area (Å²) in [5.41, 5.74) is 1.85. The Morgan fingerprint density at radius 1 is 0.917 bits per heavy atom. The van der Waals surface area contributed by atoms with Crippen molar-refractivity contribution in [1.82, 2.24) is 4.57 Å². The molecule has 3 nitrogen and oxygen atoms in total. The summed E-state index contributed by atoms with van der Waals surface area (Å²) in [4.78, 5) is 13.0. The maximum Gasteiger partial charge on any atom is 0.262 e. The molecule has 0 N–H and O–H groups in total. The summed E-state index contributed by atoms with van der Waals surface area (Å²) in [6.07, 6.45) is 0. The Bertz CT molecular complexity index is 1060. The van der Waals surface area contributed by atoms with Crippen LogP contribution in [0.4, 0.5) is 4.39 Å². The van der Waals surface area contributed by atoms with Crippen molar-refractivity contribution in [2.24, 2.45) is 0 Å². The van der Waals surface area contributed by atoms with E-state index in [9.17, 15) is 9.18 Å². The summed E-state index contributed by atoms with van der Waals surface area (Å²) in [7, 11) is 1.58. The number of aromatic nitrogens is 1. The van der Waals surface area contributed by atoms with Gasteiger partial charge in [-0.25, -0.2) is 4.39 Å². The second kappa shape index (κ2) is 5.49.